The van der Waals surface area contributed by atoms with E-state index in [1.54, 1.807) is 0 Å². The van der Waals surface area contributed by atoms with Crippen molar-refractivity contribution in [3.8, 4) is 0 Å². The summed E-state index contributed by atoms with van der Waals surface area (Å²) in [5.74, 6) is -3.19. The molecule has 0 radical (unpaired) electrons. The van der Waals surface area contributed by atoms with Crippen LogP contribution in [0.2, 0.25) is 0 Å². The van der Waals surface area contributed by atoms with Crippen LogP contribution in [0.15, 0.2) is 24.3 Å². The Labute approximate surface area is 188 Å². The fraction of sp³-hybridized carbons (Fsp3) is 0.500. The number of ether oxygens (including phenoxy) is 4. The monoisotopic (exact) mass is 448 g/mol. The Kier molecular flexibility index (Phi) is 12.4. The third-order valence-corrected chi connectivity index (χ3v) is 4.03. The van der Waals surface area contributed by atoms with Crippen LogP contribution in [0.1, 0.15) is 53.4 Å². The van der Waals surface area contributed by atoms with Gasteiger partial charge >= 0.3 is 23.9 Å². The van der Waals surface area contributed by atoms with Crippen LogP contribution in [0.25, 0.3) is 11.1 Å². The van der Waals surface area contributed by atoms with Crippen LogP contribution in [0.5, 0.6) is 0 Å². The highest BCUT2D eigenvalue weighted by molar-refractivity contribution is 6.37. The number of benzene rings is 1. The second-order valence-electron chi connectivity index (χ2n) is 6.87. The number of rotatable bonds is 12. The van der Waals surface area contributed by atoms with Gasteiger partial charge in [0.2, 0.25) is 0 Å². The van der Waals surface area contributed by atoms with Gasteiger partial charge in [0.25, 0.3) is 0 Å². The maximum Gasteiger partial charge on any atom is 0.346 e. The Bertz CT molecular complexity index is 774. The first-order valence-corrected chi connectivity index (χ1v) is 10.9. The summed E-state index contributed by atoms with van der Waals surface area (Å²) in [7, 11) is 0. The van der Waals surface area contributed by atoms with Crippen molar-refractivity contribution in [2.45, 2.75) is 53.4 Å². The lowest BCUT2D eigenvalue weighted by molar-refractivity contribution is -0.145. The molecule has 0 saturated heterocycles. The molecule has 32 heavy (non-hydrogen) atoms. The smallest absolute Gasteiger partial charge is 0.346 e. The lowest BCUT2D eigenvalue weighted by Gasteiger charge is -2.09. The minimum atomic E-state index is -0.797. The Hall–Kier alpha value is -3.16. The summed E-state index contributed by atoms with van der Waals surface area (Å²) < 4.78 is 20.5. The van der Waals surface area contributed by atoms with Crippen molar-refractivity contribution in [1.82, 2.24) is 0 Å². The van der Waals surface area contributed by atoms with Crippen molar-refractivity contribution in [3.63, 3.8) is 0 Å². The zero-order valence-electron chi connectivity index (χ0n) is 19.2. The quantitative estimate of drug-likeness (QED) is 0.271. The fourth-order valence-corrected chi connectivity index (χ4v) is 2.51. The first-order valence-electron chi connectivity index (χ1n) is 10.9. The van der Waals surface area contributed by atoms with Crippen molar-refractivity contribution in [2.75, 3.05) is 26.4 Å². The van der Waals surface area contributed by atoms with Gasteiger partial charge in [0.05, 0.1) is 26.4 Å². The minimum Gasteiger partial charge on any atom is -0.462 e. The van der Waals surface area contributed by atoms with Gasteiger partial charge in [-0.15, -0.1) is 0 Å². The van der Waals surface area contributed by atoms with Crippen molar-refractivity contribution >= 4 is 35.0 Å². The number of carbonyl (C=O) groups excluding carboxylic acids is 4. The zero-order chi connectivity index (χ0) is 23.9. The van der Waals surface area contributed by atoms with E-state index in [1.165, 1.54) is 24.3 Å². The molecule has 0 aliphatic carbocycles. The third-order valence-electron chi connectivity index (χ3n) is 4.03. The summed E-state index contributed by atoms with van der Waals surface area (Å²) >= 11 is 0. The van der Waals surface area contributed by atoms with Crippen molar-refractivity contribution < 1.29 is 38.1 Å². The Morgan fingerprint density at radius 3 is 0.906 bits per heavy atom. The number of esters is 4. The van der Waals surface area contributed by atoms with Crippen LogP contribution in [-0.4, -0.2) is 50.3 Å². The van der Waals surface area contributed by atoms with E-state index in [0.717, 1.165) is 0 Å². The van der Waals surface area contributed by atoms with Crippen molar-refractivity contribution in [2.24, 2.45) is 0 Å². The molecule has 0 unspecified atom stereocenters. The zero-order valence-corrected chi connectivity index (χ0v) is 19.2. The SMILES string of the molecule is CCCOC(=O)C(C(=O)OCCC)=c1ccc(=C(C(=O)OCCC)C(=O)OCCC)cc1. The Balaban J connectivity index is 3.54. The van der Waals surface area contributed by atoms with E-state index >= 15 is 0 Å². The van der Waals surface area contributed by atoms with Gasteiger partial charge in [-0.05, 0) is 36.1 Å². The topological polar surface area (TPSA) is 105 Å². The molecule has 0 spiro atoms. The summed E-state index contributed by atoms with van der Waals surface area (Å²) in [5.41, 5.74) is -0.496. The van der Waals surface area contributed by atoms with Gasteiger partial charge in [0.1, 0.15) is 0 Å². The molecule has 1 aromatic rings. The van der Waals surface area contributed by atoms with Crippen LogP contribution >= 0.6 is 0 Å². The van der Waals surface area contributed by atoms with E-state index in [9.17, 15) is 19.2 Å². The van der Waals surface area contributed by atoms with Gasteiger partial charge in [-0.1, -0.05) is 52.0 Å². The second-order valence-corrected chi connectivity index (χ2v) is 6.87. The molecule has 1 rings (SSSR count). The van der Waals surface area contributed by atoms with Gasteiger partial charge in [-0.25, -0.2) is 19.2 Å². The van der Waals surface area contributed by atoms with E-state index in [2.05, 4.69) is 0 Å². The molecule has 0 atom stereocenters. The standard InChI is InChI=1S/C24H32O8/c1-5-13-29-21(25)19(22(26)30-14-6-2)17-9-11-18(12-10-17)20(23(27)31-15-7-3)24(28)32-16-8-4/h9-12H,5-8,13-16H2,1-4H3. The predicted octanol–water partition coefficient (Wildman–Crippen LogP) is 1.80. The van der Waals surface area contributed by atoms with E-state index in [4.69, 9.17) is 18.9 Å². The van der Waals surface area contributed by atoms with Gasteiger partial charge in [0.15, 0.2) is 11.1 Å². The van der Waals surface area contributed by atoms with Crippen molar-refractivity contribution in [3.05, 3.63) is 34.7 Å². The van der Waals surface area contributed by atoms with Crippen LogP contribution < -0.4 is 10.4 Å². The lowest BCUT2D eigenvalue weighted by Crippen LogP contribution is -2.28. The van der Waals surface area contributed by atoms with E-state index in [-0.39, 0.29) is 48.0 Å². The van der Waals surface area contributed by atoms with Crippen molar-refractivity contribution in [1.29, 1.82) is 0 Å². The lowest BCUT2D eigenvalue weighted by atomic mass is 10.1. The molecule has 176 valence electrons. The predicted molar refractivity (Wildman–Crippen MR) is 118 cm³/mol. The Morgan fingerprint density at radius 1 is 0.500 bits per heavy atom. The summed E-state index contributed by atoms with van der Waals surface area (Å²) in [6.07, 6.45) is 2.39. The molecule has 8 heteroatoms. The minimum absolute atomic E-state index is 0.159. The summed E-state index contributed by atoms with van der Waals surface area (Å²) in [5, 5.41) is 0.498. The van der Waals surface area contributed by atoms with Crippen LogP contribution in [0.3, 0.4) is 0 Å². The maximum absolute atomic E-state index is 12.5. The normalized spacial score (nSPS) is 10.1. The number of carbonyl (C=O) groups is 4. The molecule has 1 aromatic carbocycles. The average Bonchev–Trinajstić information content (AvgIpc) is 2.79. The Morgan fingerprint density at radius 2 is 0.719 bits per heavy atom. The van der Waals surface area contributed by atoms with Crippen LogP contribution in [0, 0.1) is 0 Å². The largest absolute Gasteiger partial charge is 0.462 e. The van der Waals surface area contributed by atoms with E-state index in [1.807, 2.05) is 27.7 Å². The first kappa shape index (κ1) is 26.9. The van der Waals surface area contributed by atoms with Gasteiger partial charge in [0, 0.05) is 0 Å². The molecular weight excluding hydrogens is 416 g/mol. The highest BCUT2D eigenvalue weighted by Gasteiger charge is 2.24. The van der Waals surface area contributed by atoms with Crippen LogP contribution in [-0.2, 0) is 38.1 Å². The molecule has 0 N–H and O–H groups in total. The van der Waals surface area contributed by atoms with E-state index < -0.39 is 23.9 Å². The maximum atomic E-state index is 12.5. The molecular formula is C24H32O8. The molecule has 0 aliphatic heterocycles. The van der Waals surface area contributed by atoms with E-state index in [0.29, 0.717) is 25.7 Å². The van der Waals surface area contributed by atoms with Gasteiger partial charge < -0.3 is 18.9 Å². The number of hydrogen-bond acceptors (Lipinski definition) is 8. The molecule has 0 heterocycles. The molecule has 0 aliphatic rings. The summed E-state index contributed by atoms with van der Waals surface area (Å²) in [6.45, 7) is 7.98. The highest BCUT2D eigenvalue weighted by atomic mass is 16.6. The average molecular weight is 449 g/mol. The molecule has 0 amide bonds. The molecule has 8 nitrogen and oxygen atoms in total. The van der Waals surface area contributed by atoms with Gasteiger partial charge in [-0.3, -0.25) is 0 Å². The van der Waals surface area contributed by atoms with Crippen LogP contribution in [0.4, 0.5) is 0 Å². The molecule has 0 saturated carbocycles. The fourth-order valence-electron chi connectivity index (χ4n) is 2.51. The molecule has 0 aromatic heterocycles. The third kappa shape index (κ3) is 8.17. The first-order chi connectivity index (χ1) is 15.4. The highest BCUT2D eigenvalue weighted by Crippen LogP contribution is 2.05. The second kappa shape index (κ2) is 14.8. The summed E-state index contributed by atoms with van der Waals surface area (Å²) in [4.78, 5) is 49.9. The number of hydrogen-bond donors (Lipinski definition) is 0. The molecule has 0 bridgehead atoms. The summed E-state index contributed by atoms with van der Waals surface area (Å²) in [6, 6.07) is 5.80. The van der Waals surface area contributed by atoms with Gasteiger partial charge in [-0.2, -0.15) is 0 Å². The molecule has 0 fully saturated rings.